The van der Waals surface area contributed by atoms with E-state index >= 15 is 0 Å². The van der Waals surface area contributed by atoms with Gasteiger partial charge in [-0.05, 0) is 44.4 Å². The molecule has 1 aliphatic rings. The van der Waals surface area contributed by atoms with Crippen molar-refractivity contribution in [3.63, 3.8) is 0 Å². The molecule has 6 nitrogen and oxygen atoms in total. The van der Waals surface area contributed by atoms with E-state index in [1.165, 1.54) is 4.68 Å². The third kappa shape index (κ3) is 3.52. The van der Waals surface area contributed by atoms with Crippen molar-refractivity contribution in [2.24, 2.45) is 5.92 Å². The highest BCUT2D eigenvalue weighted by molar-refractivity contribution is 5.90. The number of hydrogen-bond acceptors (Lipinski definition) is 4. The van der Waals surface area contributed by atoms with Crippen molar-refractivity contribution in [3.8, 4) is 0 Å². The van der Waals surface area contributed by atoms with Gasteiger partial charge in [-0.15, -0.1) is 0 Å². The van der Waals surface area contributed by atoms with Crippen molar-refractivity contribution < 1.29 is 14.0 Å². The molecule has 0 spiro atoms. The molecule has 1 unspecified atom stereocenters. The zero-order valence-electron chi connectivity index (χ0n) is 15.1. The smallest absolute Gasteiger partial charge is 0.252 e. The zero-order chi connectivity index (χ0) is 18.0. The van der Waals surface area contributed by atoms with Gasteiger partial charge in [0.1, 0.15) is 5.76 Å². The minimum atomic E-state index is -0.348. The third-order valence-electron chi connectivity index (χ3n) is 4.92. The topological polar surface area (TPSA) is 68.3 Å². The van der Waals surface area contributed by atoms with Crippen LogP contribution in [-0.2, 0) is 17.8 Å². The Bertz CT molecular complexity index is 761. The number of nitrogens with zero attached hydrogens (tertiary/aromatic N) is 3. The van der Waals surface area contributed by atoms with Gasteiger partial charge < -0.3 is 9.32 Å². The van der Waals surface area contributed by atoms with E-state index in [2.05, 4.69) is 12.0 Å². The average Bonchev–Trinajstić information content (AvgIpc) is 3.28. The predicted molar refractivity (Wildman–Crippen MR) is 93.2 cm³/mol. The monoisotopic (exact) mass is 343 g/mol. The maximum Gasteiger partial charge on any atom is 0.252 e. The minimum absolute atomic E-state index is 0.0116. The summed E-state index contributed by atoms with van der Waals surface area (Å²) < 4.78 is 6.81. The normalized spacial score (nSPS) is 17.5. The molecule has 3 rings (SSSR count). The summed E-state index contributed by atoms with van der Waals surface area (Å²) >= 11 is 0. The first kappa shape index (κ1) is 17.5. The van der Waals surface area contributed by atoms with Gasteiger partial charge in [0.25, 0.3) is 5.91 Å². The lowest BCUT2D eigenvalue weighted by molar-refractivity contribution is -0.128. The average molecular weight is 343 g/mol. The predicted octanol–water partition coefficient (Wildman–Crippen LogP) is 3.12. The van der Waals surface area contributed by atoms with Crippen LogP contribution in [0, 0.1) is 19.8 Å². The second-order valence-corrected chi connectivity index (χ2v) is 6.76. The van der Waals surface area contributed by atoms with Gasteiger partial charge >= 0.3 is 0 Å². The van der Waals surface area contributed by atoms with Crippen molar-refractivity contribution in [2.45, 2.75) is 53.0 Å². The van der Waals surface area contributed by atoms with Crippen LogP contribution in [0.5, 0.6) is 0 Å². The van der Waals surface area contributed by atoms with Crippen LogP contribution in [0.4, 0.5) is 0 Å². The van der Waals surface area contributed by atoms with Crippen LogP contribution in [0.2, 0.25) is 0 Å². The van der Waals surface area contributed by atoms with Crippen molar-refractivity contribution in [1.29, 1.82) is 0 Å². The van der Waals surface area contributed by atoms with Crippen LogP contribution in [0.3, 0.4) is 0 Å². The molecule has 1 saturated heterocycles. The van der Waals surface area contributed by atoms with Gasteiger partial charge in [0.15, 0.2) is 0 Å². The highest BCUT2D eigenvalue weighted by atomic mass is 16.3. The molecule has 25 heavy (non-hydrogen) atoms. The quantitative estimate of drug-likeness (QED) is 0.808. The summed E-state index contributed by atoms with van der Waals surface area (Å²) in [7, 11) is 0. The molecule has 0 radical (unpaired) electrons. The van der Waals surface area contributed by atoms with Crippen LogP contribution in [0.25, 0.3) is 0 Å². The first-order valence-corrected chi connectivity index (χ1v) is 8.90. The van der Waals surface area contributed by atoms with E-state index in [1.54, 1.807) is 17.2 Å². The molecule has 1 amide bonds. The van der Waals surface area contributed by atoms with E-state index in [9.17, 15) is 9.59 Å². The van der Waals surface area contributed by atoms with E-state index in [1.807, 2.05) is 19.9 Å². The molecule has 1 atom stereocenters. The van der Waals surface area contributed by atoms with Crippen LogP contribution in [0.15, 0.2) is 22.8 Å². The van der Waals surface area contributed by atoms with Gasteiger partial charge in [-0.25, -0.2) is 4.68 Å². The second-order valence-electron chi connectivity index (χ2n) is 6.76. The molecule has 3 heterocycles. The number of likely N-dealkylation sites (tertiary alicyclic amines) is 1. The van der Waals surface area contributed by atoms with E-state index in [0.29, 0.717) is 13.1 Å². The fourth-order valence-electron chi connectivity index (χ4n) is 3.46. The van der Waals surface area contributed by atoms with Crippen molar-refractivity contribution in [2.75, 3.05) is 6.54 Å². The Labute approximate surface area is 147 Å². The number of carbonyl (C=O) groups excluding carboxylic acids is 2. The Kier molecular flexibility index (Phi) is 5.06. The van der Waals surface area contributed by atoms with E-state index in [4.69, 9.17) is 4.42 Å². The third-order valence-corrected chi connectivity index (χ3v) is 4.92. The van der Waals surface area contributed by atoms with Crippen LogP contribution in [-0.4, -0.2) is 33.0 Å². The fraction of sp³-hybridized carbons (Fsp3) is 0.526. The standard InChI is InChI=1S/C19H25N3O3/c1-4-5-8-17-13(2)20-22(14(17)3)19(24)15-10-18(23)21(11-15)12-16-7-6-9-25-16/h6-7,9,15H,4-5,8,10-12H2,1-3H3. The number of aryl methyl sites for hydroxylation is 1. The Balaban J connectivity index is 1.72. The summed E-state index contributed by atoms with van der Waals surface area (Å²) in [5.41, 5.74) is 2.98. The fourth-order valence-corrected chi connectivity index (χ4v) is 3.46. The highest BCUT2D eigenvalue weighted by Crippen LogP contribution is 2.24. The van der Waals surface area contributed by atoms with Gasteiger partial charge in [-0.1, -0.05) is 13.3 Å². The van der Waals surface area contributed by atoms with Gasteiger partial charge in [0.05, 0.1) is 24.4 Å². The molecule has 0 saturated carbocycles. The van der Waals surface area contributed by atoms with Crippen LogP contribution < -0.4 is 0 Å². The molecule has 0 bridgehead atoms. The van der Waals surface area contributed by atoms with Crippen molar-refractivity contribution in [3.05, 3.63) is 41.1 Å². The van der Waals surface area contributed by atoms with E-state index in [0.717, 1.165) is 42.0 Å². The molecule has 2 aromatic rings. The molecule has 6 heteroatoms. The summed E-state index contributed by atoms with van der Waals surface area (Å²) in [6.45, 7) is 6.87. The number of rotatable bonds is 6. The minimum Gasteiger partial charge on any atom is -0.467 e. The number of hydrogen-bond donors (Lipinski definition) is 0. The molecule has 0 aromatic carbocycles. The Hall–Kier alpha value is -2.37. The van der Waals surface area contributed by atoms with Crippen molar-refractivity contribution >= 4 is 11.8 Å². The highest BCUT2D eigenvalue weighted by Gasteiger charge is 2.36. The summed E-state index contributed by atoms with van der Waals surface area (Å²) in [6, 6.07) is 3.63. The number of furan rings is 1. The second kappa shape index (κ2) is 7.25. The van der Waals surface area contributed by atoms with Gasteiger partial charge in [0, 0.05) is 18.7 Å². The molecule has 134 valence electrons. The zero-order valence-corrected chi connectivity index (χ0v) is 15.1. The molecular formula is C19H25N3O3. The first-order valence-electron chi connectivity index (χ1n) is 8.90. The molecule has 0 aliphatic carbocycles. The molecule has 2 aromatic heterocycles. The maximum atomic E-state index is 12.9. The largest absolute Gasteiger partial charge is 0.467 e. The number of unbranched alkanes of at least 4 members (excludes halogenated alkanes) is 1. The summed E-state index contributed by atoms with van der Waals surface area (Å²) in [5.74, 6) is 0.287. The molecular weight excluding hydrogens is 318 g/mol. The van der Waals surface area contributed by atoms with Gasteiger partial charge in [-0.3, -0.25) is 9.59 Å². The first-order chi connectivity index (χ1) is 12.0. The number of amides is 1. The van der Waals surface area contributed by atoms with Gasteiger partial charge in [-0.2, -0.15) is 5.10 Å². The SMILES string of the molecule is CCCCc1c(C)nn(C(=O)C2CC(=O)N(Cc3ccco3)C2)c1C. The lowest BCUT2D eigenvalue weighted by atomic mass is 10.1. The molecule has 0 N–H and O–H groups in total. The van der Waals surface area contributed by atoms with E-state index < -0.39 is 0 Å². The Morgan fingerprint density at radius 1 is 1.40 bits per heavy atom. The van der Waals surface area contributed by atoms with Crippen LogP contribution >= 0.6 is 0 Å². The van der Waals surface area contributed by atoms with Crippen molar-refractivity contribution in [1.82, 2.24) is 14.7 Å². The lowest BCUT2D eigenvalue weighted by Crippen LogP contribution is -2.28. The number of carbonyl (C=O) groups is 2. The number of aromatic nitrogens is 2. The van der Waals surface area contributed by atoms with Crippen LogP contribution in [0.1, 0.15) is 53.7 Å². The van der Waals surface area contributed by atoms with Gasteiger partial charge in [0.2, 0.25) is 5.91 Å². The molecule has 1 aliphatic heterocycles. The summed E-state index contributed by atoms with van der Waals surface area (Å²) in [6.07, 6.45) is 4.96. The maximum absolute atomic E-state index is 12.9. The Morgan fingerprint density at radius 3 is 2.88 bits per heavy atom. The molecule has 1 fully saturated rings. The summed E-state index contributed by atoms with van der Waals surface area (Å²) in [4.78, 5) is 26.8. The summed E-state index contributed by atoms with van der Waals surface area (Å²) in [5, 5.41) is 4.45. The lowest BCUT2D eigenvalue weighted by Gasteiger charge is -2.15. The Morgan fingerprint density at radius 2 is 2.20 bits per heavy atom. The van der Waals surface area contributed by atoms with E-state index in [-0.39, 0.29) is 24.2 Å².